The van der Waals surface area contributed by atoms with Crippen LogP contribution in [0.3, 0.4) is 0 Å². The van der Waals surface area contributed by atoms with E-state index < -0.39 is 0 Å². The van der Waals surface area contributed by atoms with Crippen LogP contribution >= 0.6 is 35.7 Å². The number of halogens is 1. The predicted octanol–water partition coefficient (Wildman–Crippen LogP) is 2.76. The molecule has 2 aromatic rings. The van der Waals surface area contributed by atoms with E-state index in [0.717, 1.165) is 36.5 Å². The van der Waals surface area contributed by atoms with Gasteiger partial charge in [-0.3, -0.25) is 9.98 Å². The van der Waals surface area contributed by atoms with Gasteiger partial charge in [0.25, 0.3) is 0 Å². The second-order valence-corrected chi connectivity index (χ2v) is 6.31. The fraction of sp³-hybridized carbons (Fsp3) is 0.375. The summed E-state index contributed by atoms with van der Waals surface area (Å²) in [6.07, 6.45) is 2.71. The van der Waals surface area contributed by atoms with Crippen LogP contribution < -0.4 is 5.73 Å². The highest BCUT2D eigenvalue weighted by Crippen LogP contribution is 2.16. The minimum atomic E-state index is 0. The summed E-state index contributed by atoms with van der Waals surface area (Å²) in [6.45, 7) is 2.73. The lowest BCUT2D eigenvalue weighted by atomic mass is 10.1. The molecular weight excluding hydrogens is 407 g/mol. The van der Waals surface area contributed by atoms with E-state index in [1.165, 1.54) is 10.9 Å². The van der Waals surface area contributed by atoms with Crippen molar-refractivity contribution in [2.24, 2.45) is 10.7 Å². The minimum absolute atomic E-state index is 0. The van der Waals surface area contributed by atoms with E-state index in [0.29, 0.717) is 12.5 Å². The van der Waals surface area contributed by atoms with Crippen LogP contribution in [0.25, 0.3) is 10.9 Å². The zero-order chi connectivity index (χ0) is 14.5. The first-order valence-corrected chi connectivity index (χ1v) is 8.45. The van der Waals surface area contributed by atoms with Gasteiger partial charge in [0.15, 0.2) is 5.96 Å². The van der Waals surface area contributed by atoms with E-state index in [-0.39, 0.29) is 24.0 Å². The van der Waals surface area contributed by atoms with Crippen LogP contribution in [0.15, 0.2) is 41.5 Å². The summed E-state index contributed by atoms with van der Waals surface area (Å²) < 4.78 is 0. The molecule has 0 unspecified atom stereocenters. The molecule has 1 fully saturated rings. The second kappa shape index (κ2) is 8.57. The van der Waals surface area contributed by atoms with Gasteiger partial charge in [0.1, 0.15) is 0 Å². The van der Waals surface area contributed by atoms with Gasteiger partial charge in [0, 0.05) is 42.7 Å². The Labute approximate surface area is 152 Å². The molecule has 0 aliphatic carbocycles. The number of aromatic nitrogens is 1. The van der Waals surface area contributed by atoms with Gasteiger partial charge >= 0.3 is 0 Å². The number of para-hydroxylation sites is 1. The van der Waals surface area contributed by atoms with Gasteiger partial charge in [-0.15, -0.1) is 24.0 Å². The second-order valence-electron chi connectivity index (χ2n) is 5.08. The van der Waals surface area contributed by atoms with E-state index in [9.17, 15) is 0 Å². The molecule has 0 amide bonds. The van der Waals surface area contributed by atoms with Crippen molar-refractivity contribution in [2.75, 3.05) is 31.1 Å². The fourth-order valence-corrected chi connectivity index (χ4v) is 3.46. The van der Waals surface area contributed by atoms with Crippen molar-refractivity contribution in [1.82, 2.24) is 9.88 Å². The molecule has 0 atom stereocenters. The molecule has 1 aromatic carbocycles. The van der Waals surface area contributed by atoms with Crippen molar-refractivity contribution in [3.63, 3.8) is 0 Å². The predicted molar refractivity (Wildman–Crippen MR) is 106 cm³/mol. The summed E-state index contributed by atoms with van der Waals surface area (Å²) in [5.41, 5.74) is 8.38. The first kappa shape index (κ1) is 17.3. The molecule has 3 rings (SSSR count). The van der Waals surface area contributed by atoms with Crippen LogP contribution in [-0.4, -0.2) is 47.0 Å². The third-order valence-electron chi connectivity index (χ3n) is 3.71. The molecule has 2 heterocycles. The SMILES string of the molecule is I.NC(=NCCc1cccc2cccnc12)N1CCSCC1. The number of fused-ring (bicyclic) bond motifs is 1. The maximum Gasteiger partial charge on any atom is 0.191 e. The molecule has 118 valence electrons. The van der Waals surface area contributed by atoms with Crippen LogP contribution in [0.5, 0.6) is 0 Å². The monoisotopic (exact) mass is 428 g/mol. The lowest BCUT2D eigenvalue weighted by molar-refractivity contribution is 0.456. The minimum Gasteiger partial charge on any atom is -0.370 e. The molecule has 1 aromatic heterocycles. The topological polar surface area (TPSA) is 54.5 Å². The number of benzene rings is 1. The third-order valence-corrected chi connectivity index (χ3v) is 4.65. The van der Waals surface area contributed by atoms with Crippen molar-refractivity contribution in [3.8, 4) is 0 Å². The molecule has 0 radical (unpaired) electrons. The number of nitrogens with two attached hydrogens (primary N) is 1. The summed E-state index contributed by atoms with van der Waals surface area (Å²) in [7, 11) is 0. The summed E-state index contributed by atoms with van der Waals surface area (Å²) in [6, 6.07) is 10.4. The van der Waals surface area contributed by atoms with Crippen LogP contribution in [0.1, 0.15) is 5.56 Å². The Balaban J connectivity index is 0.00000176. The molecule has 22 heavy (non-hydrogen) atoms. The summed E-state index contributed by atoms with van der Waals surface area (Å²) in [5.74, 6) is 2.97. The first-order chi connectivity index (χ1) is 10.3. The maximum absolute atomic E-state index is 6.08. The van der Waals surface area contributed by atoms with Gasteiger partial charge < -0.3 is 10.6 Å². The molecule has 6 heteroatoms. The van der Waals surface area contributed by atoms with E-state index >= 15 is 0 Å². The number of pyridine rings is 1. The normalized spacial score (nSPS) is 15.6. The smallest absolute Gasteiger partial charge is 0.191 e. The molecule has 0 bridgehead atoms. The highest BCUT2D eigenvalue weighted by molar-refractivity contribution is 14.0. The number of nitrogens with zero attached hydrogens (tertiary/aromatic N) is 3. The average Bonchev–Trinajstić information content (AvgIpc) is 2.56. The Morgan fingerprint density at radius 2 is 2.00 bits per heavy atom. The number of hydrogen-bond donors (Lipinski definition) is 1. The molecule has 1 saturated heterocycles. The van der Waals surface area contributed by atoms with Gasteiger partial charge in [0.2, 0.25) is 0 Å². The Kier molecular flexibility index (Phi) is 6.75. The summed E-state index contributed by atoms with van der Waals surface area (Å²) in [4.78, 5) is 11.2. The van der Waals surface area contributed by atoms with E-state index in [4.69, 9.17) is 5.73 Å². The van der Waals surface area contributed by atoms with Crippen LogP contribution in [0, 0.1) is 0 Å². The van der Waals surface area contributed by atoms with Crippen molar-refractivity contribution in [1.29, 1.82) is 0 Å². The standard InChI is InChI=1S/C16H20N4S.HI/c17-16(20-9-11-21-12-10-20)19-8-6-14-4-1-3-13-5-2-7-18-15(13)14;/h1-5,7H,6,8-12H2,(H2,17,19);1H. The van der Waals surface area contributed by atoms with Gasteiger partial charge in [-0.1, -0.05) is 24.3 Å². The first-order valence-electron chi connectivity index (χ1n) is 7.30. The zero-order valence-electron chi connectivity index (χ0n) is 12.4. The summed E-state index contributed by atoms with van der Waals surface area (Å²) >= 11 is 1.98. The zero-order valence-corrected chi connectivity index (χ0v) is 15.6. The molecule has 1 aliphatic rings. The number of rotatable bonds is 3. The Morgan fingerprint density at radius 1 is 1.23 bits per heavy atom. The number of hydrogen-bond acceptors (Lipinski definition) is 3. The maximum atomic E-state index is 6.08. The highest BCUT2D eigenvalue weighted by Gasteiger charge is 2.11. The van der Waals surface area contributed by atoms with E-state index in [1.54, 1.807) is 0 Å². The average molecular weight is 428 g/mol. The highest BCUT2D eigenvalue weighted by atomic mass is 127. The van der Waals surface area contributed by atoms with E-state index in [2.05, 4.69) is 39.1 Å². The van der Waals surface area contributed by atoms with Gasteiger partial charge in [-0.25, -0.2) is 0 Å². The van der Waals surface area contributed by atoms with E-state index in [1.807, 2.05) is 24.0 Å². The molecule has 0 saturated carbocycles. The molecule has 1 aliphatic heterocycles. The fourth-order valence-electron chi connectivity index (χ4n) is 2.55. The number of thioether (sulfide) groups is 1. The van der Waals surface area contributed by atoms with Crippen molar-refractivity contribution in [3.05, 3.63) is 42.1 Å². The molecule has 0 spiro atoms. The Morgan fingerprint density at radius 3 is 2.82 bits per heavy atom. The molecule has 2 N–H and O–H groups in total. The van der Waals surface area contributed by atoms with Crippen molar-refractivity contribution in [2.45, 2.75) is 6.42 Å². The Bertz CT molecular complexity index is 636. The van der Waals surface area contributed by atoms with Crippen LogP contribution in [0.4, 0.5) is 0 Å². The lowest BCUT2D eigenvalue weighted by Crippen LogP contribution is -2.42. The number of aliphatic imine (C=N–C) groups is 1. The van der Waals surface area contributed by atoms with Crippen LogP contribution in [0.2, 0.25) is 0 Å². The number of guanidine groups is 1. The van der Waals surface area contributed by atoms with Gasteiger partial charge in [0.05, 0.1) is 5.52 Å². The van der Waals surface area contributed by atoms with Crippen molar-refractivity contribution >= 4 is 52.6 Å². The van der Waals surface area contributed by atoms with Gasteiger partial charge in [-0.05, 0) is 18.1 Å². The lowest BCUT2D eigenvalue weighted by Gasteiger charge is -2.27. The van der Waals surface area contributed by atoms with Crippen LogP contribution in [-0.2, 0) is 6.42 Å². The summed E-state index contributed by atoms with van der Waals surface area (Å²) in [5, 5.41) is 1.18. The largest absolute Gasteiger partial charge is 0.370 e. The third kappa shape index (κ3) is 4.25. The quantitative estimate of drug-likeness (QED) is 0.464. The van der Waals surface area contributed by atoms with Crippen molar-refractivity contribution < 1.29 is 0 Å². The Hall–Kier alpha value is -1.02. The van der Waals surface area contributed by atoms with Gasteiger partial charge in [-0.2, -0.15) is 11.8 Å². The molecular formula is C16H21IN4S. The molecule has 4 nitrogen and oxygen atoms in total.